The number of rotatable bonds is 2. The summed E-state index contributed by atoms with van der Waals surface area (Å²) in [5, 5.41) is 13.3. The molecule has 1 fully saturated rings. The molecule has 1 aliphatic rings. The summed E-state index contributed by atoms with van der Waals surface area (Å²) in [6.45, 7) is 2.23. The van der Waals surface area contributed by atoms with E-state index in [1.165, 1.54) is 10.6 Å². The minimum absolute atomic E-state index is 0.0804. The predicted molar refractivity (Wildman–Crippen MR) is 76.1 cm³/mol. The number of aromatic hydroxyl groups is 1. The molecule has 0 spiro atoms. The second kappa shape index (κ2) is 5.13. The quantitative estimate of drug-likeness (QED) is 0.740. The van der Waals surface area contributed by atoms with E-state index in [9.17, 15) is 14.7 Å². The second-order valence-corrected chi connectivity index (χ2v) is 5.26. The maximum Gasteiger partial charge on any atom is 0.328 e. The first kappa shape index (κ1) is 12.9. The Bertz CT molecular complexity index is 741. The van der Waals surface area contributed by atoms with E-state index in [1.54, 1.807) is 12.1 Å². The van der Waals surface area contributed by atoms with Gasteiger partial charge < -0.3 is 15.4 Å². The van der Waals surface area contributed by atoms with Crippen LogP contribution in [0.25, 0.3) is 10.9 Å². The normalized spacial score (nSPS) is 19.3. The lowest BCUT2D eigenvalue weighted by Crippen LogP contribution is -2.40. The Balaban J connectivity index is 2.07. The van der Waals surface area contributed by atoms with E-state index in [2.05, 4.69) is 10.3 Å². The van der Waals surface area contributed by atoms with Crippen LogP contribution >= 0.6 is 0 Å². The summed E-state index contributed by atoms with van der Waals surface area (Å²) in [7, 11) is 0. The van der Waals surface area contributed by atoms with Crippen molar-refractivity contribution in [2.45, 2.75) is 19.4 Å². The fourth-order valence-corrected chi connectivity index (χ4v) is 2.77. The van der Waals surface area contributed by atoms with Gasteiger partial charge >= 0.3 is 5.69 Å². The van der Waals surface area contributed by atoms with Crippen LogP contribution in [-0.2, 0) is 6.54 Å². The van der Waals surface area contributed by atoms with E-state index < -0.39 is 5.69 Å². The van der Waals surface area contributed by atoms with Crippen LogP contribution in [0.1, 0.15) is 12.8 Å². The molecule has 6 nitrogen and oxygen atoms in total. The third-order valence-corrected chi connectivity index (χ3v) is 3.83. The zero-order chi connectivity index (χ0) is 14.1. The lowest BCUT2D eigenvalue weighted by atomic mass is 10.00. The molecule has 0 radical (unpaired) electrons. The first-order valence-electron chi connectivity index (χ1n) is 6.82. The number of phenols is 1. The summed E-state index contributed by atoms with van der Waals surface area (Å²) in [4.78, 5) is 27.0. The van der Waals surface area contributed by atoms with Crippen LogP contribution in [0.2, 0.25) is 0 Å². The van der Waals surface area contributed by atoms with Crippen LogP contribution in [-0.4, -0.2) is 27.7 Å². The Hall–Kier alpha value is -2.08. The molecule has 1 aromatic carbocycles. The van der Waals surface area contributed by atoms with Crippen molar-refractivity contribution in [3.63, 3.8) is 0 Å². The number of aromatic amines is 1. The van der Waals surface area contributed by atoms with Crippen molar-refractivity contribution in [3.05, 3.63) is 39.0 Å². The van der Waals surface area contributed by atoms with Crippen LogP contribution in [0, 0.1) is 5.92 Å². The van der Waals surface area contributed by atoms with E-state index in [0.717, 1.165) is 25.9 Å². The largest absolute Gasteiger partial charge is 0.506 e. The summed E-state index contributed by atoms with van der Waals surface area (Å²) in [6, 6.07) is 4.67. The van der Waals surface area contributed by atoms with Crippen LogP contribution in [0.15, 0.2) is 27.8 Å². The standard InChI is InChI=1S/C14H17N3O3/c18-11-5-1-4-10-12(11)16-14(20)17(13(10)19)8-9-3-2-6-15-7-9/h1,4-5,9,15,18H,2-3,6-8H2,(H,16,20). The zero-order valence-electron chi connectivity index (χ0n) is 11.1. The first-order chi connectivity index (χ1) is 9.66. The lowest BCUT2D eigenvalue weighted by Gasteiger charge is -2.23. The van der Waals surface area contributed by atoms with Crippen molar-refractivity contribution in [3.8, 4) is 5.75 Å². The third kappa shape index (κ3) is 2.22. The molecule has 1 aliphatic heterocycles. The van der Waals surface area contributed by atoms with Crippen molar-refractivity contribution in [1.29, 1.82) is 0 Å². The molecule has 3 N–H and O–H groups in total. The highest BCUT2D eigenvalue weighted by atomic mass is 16.3. The highest BCUT2D eigenvalue weighted by Crippen LogP contribution is 2.18. The highest BCUT2D eigenvalue weighted by molar-refractivity contribution is 5.82. The van der Waals surface area contributed by atoms with Crippen molar-refractivity contribution >= 4 is 10.9 Å². The van der Waals surface area contributed by atoms with E-state index in [4.69, 9.17) is 0 Å². The van der Waals surface area contributed by atoms with Gasteiger partial charge in [-0.15, -0.1) is 0 Å². The molecule has 1 saturated heterocycles. The number of benzene rings is 1. The van der Waals surface area contributed by atoms with Crippen LogP contribution in [0.3, 0.4) is 0 Å². The topological polar surface area (TPSA) is 87.1 Å². The van der Waals surface area contributed by atoms with E-state index >= 15 is 0 Å². The van der Waals surface area contributed by atoms with Gasteiger partial charge in [-0.05, 0) is 44.0 Å². The fraction of sp³-hybridized carbons (Fsp3) is 0.429. The summed E-state index contributed by atoms with van der Waals surface area (Å²) in [5.41, 5.74) is -0.597. The van der Waals surface area contributed by atoms with Crippen LogP contribution in [0.5, 0.6) is 5.75 Å². The van der Waals surface area contributed by atoms with Gasteiger partial charge in [0.15, 0.2) is 0 Å². The summed E-state index contributed by atoms with van der Waals surface area (Å²) in [5.74, 6) is 0.209. The minimum Gasteiger partial charge on any atom is -0.506 e. The molecule has 0 amide bonds. The van der Waals surface area contributed by atoms with Crippen LogP contribution < -0.4 is 16.6 Å². The van der Waals surface area contributed by atoms with Gasteiger partial charge in [-0.3, -0.25) is 9.36 Å². The number of hydrogen-bond donors (Lipinski definition) is 3. The van der Waals surface area contributed by atoms with Crippen molar-refractivity contribution < 1.29 is 5.11 Å². The average molecular weight is 275 g/mol. The van der Waals surface area contributed by atoms with Gasteiger partial charge in [-0.25, -0.2) is 4.79 Å². The molecule has 0 saturated carbocycles. The average Bonchev–Trinajstić information content (AvgIpc) is 2.46. The maximum absolute atomic E-state index is 12.4. The van der Waals surface area contributed by atoms with E-state index in [-0.39, 0.29) is 22.7 Å². The Labute approximate surface area is 115 Å². The predicted octanol–water partition coefficient (Wildman–Crippen LogP) is 0.395. The van der Waals surface area contributed by atoms with Gasteiger partial charge in [0.25, 0.3) is 5.56 Å². The Morgan fingerprint density at radius 2 is 2.20 bits per heavy atom. The summed E-state index contributed by atoms with van der Waals surface area (Å²) in [6.07, 6.45) is 2.07. The Morgan fingerprint density at radius 3 is 2.95 bits per heavy atom. The number of nitrogens with one attached hydrogen (secondary N) is 2. The number of phenolic OH excluding ortho intramolecular Hbond substituents is 1. The number of hydrogen-bond acceptors (Lipinski definition) is 4. The molecule has 1 unspecified atom stereocenters. The van der Waals surface area contributed by atoms with Crippen molar-refractivity contribution in [2.24, 2.45) is 5.92 Å². The Morgan fingerprint density at radius 1 is 1.35 bits per heavy atom. The third-order valence-electron chi connectivity index (χ3n) is 3.83. The fourth-order valence-electron chi connectivity index (χ4n) is 2.77. The lowest BCUT2D eigenvalue weighted by molar-refractivity contribution is 0.329. The molecule has 1 atom stereocenters. The maximum atomic E-state index is 12.4. The van der Waals surface area contributed by atoms with E-state index in [0.29, 0.717) is 11.9 Å². The number of piperidine rings is 1. The molecule has 2 heterocycles. The molecule has 1 aromatic heterocycles. The van der Waals surface area contributed by atoms with Gasteiger partial charge in [-0.2, -0.15) is 0 Å². The zero-order valence-corrected chi connectivity index (χ0v) is 11.1. The molecule has 6 heteroatoms. The minimum atomic E-state index is -0.463. The smallest absolute Gasteiger partial charge is 0.328 e. The van der Waals surface area contributed by atoms with Crippen molar-refractivity contribution in [2.75, 3.05) is 13.1 Å². The van der Waals surface area contributed by atoms with Gasteiger partial charge in [0.2, 0.25) is 0 Å². The van der Waals surface area contributed by atoms with Gasteiger partial charge in [0.1, 0.15) is 5.75 Å². The summed E-state index contributed by atoms with van der Waals surface area (Å²) >= 11 is 0. The molecular formula is C14H17N3O3. The Kier molecular flexibility index (Phi) is 3.31. The SMILES string of the molecule is O=c1[nH]c2c(O)cccc2c(=O)n1CC1CCCNC1. The number of fused-ring (bicyclic) bond motifs is 1. The molecule has 106 valence electrons. The van der Waals surface area contributed by atoms with Gasteiger partial charge in [-0.1, -0.05) is 6.07 Å². The number of nitrogens with zero attached hydrogens (tertiary/aromatic N) is 1. The van der Waals surface area contributed by atoms with Gasteiger partial charge in [0.05, 0.1) is 10.9 Å². The number of para-hydroxylation sites is 1. The highest BCUT2D eigenvalue weighted by Gasteiger charge is 2.17. The molecule has 2 aromatic rings. The van der Waals surface area contributed by atoms with Crippen molar-refractivity contribution in [1.82, 2.24) is 14.9 Å². The first-order valence-corrected chi connectivity index (χ1v) is 6.82. The second-order valence-electron chi connectivity index (χ2n) is 5.26. The molecule has 0 aliphatic carbocycles. The van der Waals surface area contributed by atoms with Crippen LogP contribution in [0.4, 0.5) is 0 Å². The molecular weight excluding hydrogens is 258 g/mol. The molecule has 20 heavy (non-hydrogen) atoms. The number of aromatic nitrogens is 2. The molecule has 3 rings (SSSR count). The molecule has 0 bridgehead atoms. The van der Waals surface area contributed by atoms with Gasteiger partial charge in [0, 0.05) is 6.54 Å². The monoisotopic (exact) mass is 275 g/mol. The number of H-pyrrole nitrogens is 1. The summed E-state index contributed by atoms with van der Waals surface area (Å²) < 4.78 is 1.24. The van der Waals surface area contributed by atoms with E-state index in [1.807, 2.05) is 0 Å².